The number of nitrogens with one attached hydrogen (secondary N) is 3. The molecule has 3 aliphatic rings. The molecular formula is C76H103N5O25S4. The summed E-state index contributed by atoms with van der Waals surface area (Å²) in [5.41, 5.74) is 8.07. The van der Waals surface area contributed by atoms with Crippen LogP contribution < -0.4 is 25.6 Å². The van der Waals surface area contributed by atoms with E-state index in [4.69, 9.17) is 44.7 Å². The zero-order chi connectivity index (χ0) is 82.0. The Morgan fingerprint density at radius 3 is 1.79 bits per heavy atom. The lowest BCUT2D eigenvalue weighted by Gasteiger charge is -2.28. The predicted molar refractivity (Wildman–Crippen MR) is 404 cm³/mol. The van der Waals surface area contributed by atoms with Gasteiger partial charge in [-0.2, -0.15) is 22.6 Å². The summed E-state index contributed by atoms with van der Waals surface area (Å²) in [7, 11) is -14.7. The van der Waals surface area contributed by atoms with Gasteiger partial charge >= 0.3 is 51.3 Å². The summed E-state index contributed by atoms with van der Waals surface area (Å²) in [5.74, 6) is -4.01. The second kappa shape index (κ2) is 49.2. The monoisotopic (exact) mass is 1610 g/mol. The zero-order valence-corrected chi connectivity index (χ0v) is 65.9. The number of ketones is 2. The highest BCUT2D eigenvalue weighted by Crippen LogP contribution is 2.48. The SMILES string of the molecule is CC1(C)C(=CC=C2CCCC(C=CC3=[N+](CCCCS(=O)(=O)O)c4ccccc4C3(C)C)=C2Oc2ccc(CC(CC(=O)CCCCCCCNC(=O)CCCCCCCCC(=O)CC[C@H](NC(=O)NCCCC(=O)O)C(=O)O)C(=O)O)cc2)N(CCCCS(=O)(=O)[O-])c2ccccc21.O=C=O.O=S(=O)=O.O=S(=O)=O. The molecular weight excluding hydrogens is 1510 g/mol. The maximum absolute atomic E-state index is 13.2. The molecule has 2 aliphatic heterocycles. The molecule has 0 radical (unpaired) electrons. The van der Waals surface area contributed by atoms with Gasteiger partial charge in [0.05, 0.1) is 27.2 Å². The van der Waals surface area contributed by atoms with Gasteiger partial charge in [-0.15, -0.1) is 25.3 Å². The van der Waals surface area contributed by atoms with E-state index in [1.807, 2.05) is 48.5 Å². The lowest BCUT2D eigenvalue weighted by atomic mass is 9.81. The first-order chi connectivity index (χ1) is 51.9. The van der Waals surface area contributed by atoms with Crippen molar-refractivity contribution in [1.29, 1.82) is 0 Å². The maximum atomic E-state index is 13.2. The number of unbranched alkanes of at least 4 members (excludes halogenated alkanes) is 11. The Hall–Kier alpha value is -9.18. The molecule has 606 valence electrons. The van der Waals surface area contributed by atoms with Gasteiger partial charge in [0.15, 0.2) is 5.71 Å². The smallest absolute Gasteiger partial charge is 0.425 e. The summed E-state index contributed by atoms with van der Waals surface area (Å²) < 4.78 is 127. The molecule has 2 heterocycles. The van der Waals surface area contributed by atoms with E-state index in [1.54, 1.807) is 0 Å². The number of carbonyl (C=O) groups excluding carboxylic acids is 6. The number of carboxylic acid groups (broad SMARTS) is 3. The lowest BCUT2D eigenvalue weighted by Crippen LogP contribution is -2.46. The molecule has 0 fully saturated rings. The summed E-state index contributed by atoms with van der Waals surface area (Å²) in [4.78, 5) is 103. The van der Waals surface area contributed by atoms with Crippen LogP contribution in [0.15, 0.2) is 120 Å². The van der Waals surface area contributed by atoms with Gasteiger partial charge in [0.2, 0.25) is 11.6 Å². The summed E-state index contributed by atoms with van der Waals surface area (Å²) in [5, 5.41) is 36.2. The standard InChI is InChI=1S/C75H103N5O17S2.CO2.2O3S/c1-74(2)61-30-15-17-32-64(61)79(48-20-22-50-98(91,92)93)66(74)44-38-55-26-24-27-56(39-45-67-75(3,4)62-31-16-18-33-65(62)80(67)49-21-23-51-99(94,95)96)70(55)97-60-41-36-54(37-42-60)52-57(71(86)87)53-59(82)29-13-9-7-11-19-46-76-68(83)34-14-10-6-5-8-12-28-58(81)40-43-63(72(88)89)78-73(90)77-47-25-35-69(84)85;2-1-3;2*1-4(2)3/h15-18,30-33,36-39,41-42,44-45,57,63H,5-14,19-29,34-35,40,43,46-53H2,1-4H3,(H7-,76,77,78,83,84,85,86,87,88,89,90,91,92,93,94,95,96);;;/t57?,63-;;;/m0.../s1. The van der Waals surface area contributed by atoms with Crippen molar-refractivity contribution in [3.05, 3.63) is 136 Å². The van der Waals surface area contributed by atoms with Crippen LogP contribution in [-0.2, 0) is 97.1 Å². The van der Waals surface area contributed by atoms with Crippen molar-refractivity contribution < 1.29 is 119 Å². The van der Waals surface area contributed by atoms with Crippen molar-refractivity contribution in [3.63, 3.8) is 0 Å². The third-order valence-corrected chi connectivity index (χ3v) is 20.3. The number of allylic oxidation sites excluding steroid dienone is 7. The molecule has 3 aromatic carbocycles. The van der Waals surface area contributed by atoms with Crippen LogP contribution in [0.25, 0.3) is 0 Å². The van der Waals surface area contributed by atoms with Crippen molar-refractivity contribution in [2.75, 3.05) is 42.6 Å². The van der Waals surface area contributed by atoms with Crippen molar-refractivity contribution in [3.8, 4) is 5.75 Å². The first-order valence-corrected chi connectivity index (χ1v) is 41.8. The second-order valence-corrected chi connectivity index (χ2v) is 31.7. The molecule has 34 heteroatoms. The number of rotatable bonds is 46. The fourth-order valence-corrected chi connectivity index (χ4v) is 14.4. The molecule has 110 heavy (non-hydrogen) atoms. The summed E-state index contributed by atoms with van der Waals surface area (Å²) in [6.07, 6.45) is 22.4. The number of carboxylic acids is 3. The van der Waals surface area contributed by atoms with E-state index in [1.165, 1.54) is 0 Å². The molecule has 0 saturated heterocycles. The van der Waals surface area contributed by atoms with Gasteiger partial charge in [-0.25, -0.2) is 18.0 Å². The fourth-order valence-electron chi connectivity index (χ4n) is 13.2. The van der Waals surface area contributed by atoms with Crippen LogP contribution in [-0.4, -0.2) is 168 Å². The average Bonchev–Trinajstić information content (AvgIpc) is 1.61. The number of anilines is 1. The second-order valence-electron chi connectivity index (χ2n) is 27.8. The molecule has 30 nitrogen and oxygen atoms in total. The van der Waals surface area contributed by atoms with E-state index in [-0.39, 0.29) is 93.7 Å². The van der Waals surface area contributed by atoms with E-state index >= 15 is 0 Å². The Labute approximate surface area is 646 Å². The van der Waals surface area contributed by atoms with Crippen LogP contribution in [0, 0.1) is 5.92 Å². The highest BCUT2D eigenvalue weighted by atomic mass is 32.2. The van der Waals surface area contributed by atoms with E-state index < -0.39 is 93.9 Å². The average molecular weight is 1610 g/mol. The van der Waals surface area contributed by atoms with Crippen molar-refractivity contribution in [1.82, 2.24) is 16.0 Å². The molecule has 0 spiro atoms. The minimum Gasteiger partial charge on any atom is -0.748 e. The van der Waals surface area contributed by atoms with Crippen LogP contribution >= 0.6 is 0 Å². The molecule has 1 aliphatic carbocycles. The third kappa shape index (κ3) is 36.6. The van der Waals surface area contributed by atoms with Gasteiger partial charge in [0.25, 0.3) is 10.1 Å². The predicted octanol–water partition coefficient (Wildman–Crippen LogP) is 9.89. The number of hydrogen-bond donors (Lipinski definition) is 7. The number of urea groups is 1. The van der Waals surface area contributed by atoms with Gasteiger partial charge in [-0.05, 0) is 150 Å². The topological polar surface area (TPSA) is 480 Å². The number of fused-ring (bicyclic) bond motifs is 2. The molecule has 2 atom stereocenters. The number of Topliss-reactive ketones (excluding diaryl/α,β-unsaturated/α-hetero) is 2. The molecule has 6 rings (SSSR count). The van der Waals surface area contributed by atoms with Crippen LogP contribution in [0.4, 0.5) is 16.2 Å². The highest BCUT2D eigenvalue weighted by Gasteiger charge is 2.44. The van der Waals surface area contributed by atoms with Crippen LogP contribution in [0.2, 0.25) is 0 Å². The van der Waals surface area contributed by atoms with Crippen molar-refractivity contribution >= 4 is 106 Å². The highest BCUT2D eigenvalue weighted by molar-refractivity contribution is 7.85. The first kappa shape index (κ1) is 95.0. The number of carbonyl (C=O) groups is 7. The summed E-state index contributed by atoms with van der Waals surface area (Å²) >= 11 is 0. The Kier molecular flexibility index (Phi) is 42.5. The normalized spacial score (nSPS) is 15.3. The molecule has 3 amide bonds. The van der Waals surface area contributed by atoms with E-state index in [2.05, 4.69) is 102 Å². The summed E-state index contributed by atoms with van der Waals surface area (Å²) in [6.45, 7) is 10.3. The van der Waals surface area contributed by atoms with Gasteiger partial charge in [0, 0.05) is 105 Å². The number of ether oxygens (including phenoxy) is 1. The Balaban J connectivity index is 0.00000267. The number of nitrogens with zero attached hydrogens (tertiary/aromatic N) is 2. The maximum Gasteiger partial charge on any atom is 0.425 e. The van der Waals surface area contributed by atoms with Crippen LogP contribution in [0.5, 0.6) is 5.75 Å². The van der Waals surface area contributed by atoms with Crippen LogP contribution in [0.1, 0.15) is 211 Å². The number of amides is 3. The van der Waals surface area contributed by atoms with Gasteiger partial charge in [-0.3, -0.25) is 28.5 Å². The number of para-hydroxylation sites is 2. The third-order valence-electron chi connectivity index (χ3n) is 18.7. The fraction of sp³-hybridized carbons (Fsp3) is 0.539. The molecule has 0 aromatic heterocycles. The van der Waals surface area contributed by atoms with Crippen LogP contribution in [0.3, 0.4) is 0 Å². The minimum atomic E-state index is -4.37. The molecule has 3 aromatic rings. The van der Waals surface area contributed by atoms with Gasteiger partial charge in [-0.1, -0.05) is 113 Å². The lowest BCUT2D eigenvalue weighted by molar-refractivity contribution is -0.438. The minimum absolute atomic E-state index is 0.00611. The molecule has 7 N–H and O–H groups in total. The Morgan fingerprint density at radius 1 is 0.627 bits per heavy atom. The van der Waals surface area contributed by atoms with E-state index in [0.29, 0.717) is 82.5 Å². The first-order valence-electron chi connectivity index (χ1n) is 36.6. The van der Waals surface area contributed by atoms with E-state index in [9.17, 15) is 69.7 Å². The zero-order valence-electron chi connectivity index (χ0n) is 62.6. The van der Waals surface area contributed by atoms with Crippen molar-refractivity contribution in [2.45, 2.75) is 218 Å². The van der Waals surface area contributed by atoms with Gasteiger partial charge in [0.1, 0.15) is 35.7 Å². The number of hydrogen-bond acceptors (Lipinski definition) is 22. The molecule has 0 bridgehead atoms. The molecule has 1 unspecified atom stereocenters. The van der Waals surface area contributed by atoms with Gasteiger partial charge < -0.3 is 45.5 Å². The number of aliphatic carboxylic acids is 3. The largest absolute Gasteiger partial charge is 0.748 e. The van der Waals surface area contributed by atoms with Crippen molar-refractivity contribution in [2.24, 2.45) is 5.92 Å². The van der Waals surface area contributed by atoms with E-state index in [0.717, 1.165) is 115 Å². The number of benzene rings is 3. The molecule has 0 saturated carbocycles. The quantitative estimate of drug-likeness (QED) is 0.0157. The Morgan fingerprint density at radius 2 is 1.19 bits per heavy atom. The summed E-state index contributed by atoms with van der Waals surface area (Å²) in [6, 6.07) is 21.6. The Bertz CT molecular complexity index is 4260.